The Kier molecular flexibility index (Phi) is 6.25. The first kappa shape index (κ1) is 29.0. The molecular weight excluding hydrogens is 635 g/mol. The SMILES string of the molecule is FC(F)(F)c1ccc2c(-c3ccc4c(c3)C3CCC4C3)ncc(-c3nc(-c4ccccc4)nc(-c4cccc5c4oc4ccccc45)n3)c2n1. The van der Waals surface area contributed by atoms with E-state index < -0.39 is 11.9 Å². The van der Waals surface area contributed by atoms with E-state index in [1.807, 2.05) is 78.9 Å². The number of fused-ring (bicyclic) bond motifs is 9. The zero-order valence-electron chi connectivity index (χ0n) is 26.4. The Hall–Kier alpha value is -5.96. The minimum atomic E-state index is -4.65. The highest BCUT2D eigenvalue weighted by Gasteiger charge is 2.37. The van der Waals surface area contributed by atoms with Crippen molar-refractivity contribution in [2.24, 2.45) is 0 Å². The number of furan rings is 1. The summed E-state index contributed by atoms with van der Waals surface area (Å²) in [6.07, 6.45) is 0.423. The van der Waals surface area contributed by atoms with Crippen LogP contribution in [-0.2, 0) is 6.18 Å². The average molecular weight is 662 g/mol. The molecule has 4 heterocycles. The van der Waals surface area contributed by atoms with Crippen molar-refractivity contribution in [1.29, 1.82) is 0 Å². The van der Waals surface area contributed by atoms with Crippen LogP contribution in [0.5, 0.6) is 0 Å². The van der Waals surface area contributed by atoms with Crippen molar-refractivity contribution >= 4 is 32.8 Å². The number of aromatic nitrogens is 5. The van der Waals surface area contributed by atoms with Crippen molar-refractivity contribution < 1.29 is 17.6 Å². The van der Waals surface area contributed by atoms with Crippen LogP contribution in [-0.4, -0.2) is 24.9 Å². The zero-order chi connectivity index (χ0) is 33.6. The molecule has 4 aromatic carbocycles. The molecule has 242 valence electrons. The summed E-state index contributed by atoms with van der Waals surface area (Å²) in [5, 5.41) is 2.34. The summed E-state index contributed by atoms with van der Waals surface area (Å²) in [4.78, 5) is 23.7. The summed E-state index contributed by atoms with van der Waals surface area (Å²) < 4.78 is 48.9. The summed E-state index contributed by atoms with van der Waals surface area (Å²) in [6, 6.07) is 31.8. The van der Waals surface area contributed by atoms with Crippen LogP contribution in [0.25, 0.3) is 78.3 Å². The van der Waals surface area contributed by atoms with Crippen molar-refractivity contribution in [3.8, 4) is 45.4 Å². The van der Waals surface area contributed by atoms with Gasteiger partial charge in [-0.05, 0) is 72.6 Å². The van der Waals surface area contributed by atoms with Gasteiger partial charge in [0.15, 0.2) is 17.5 Å². The molecular formula is C41H26F3N5O. The molecule has 2 bridgehead atoms. The molecule has 0 aliphatic heterocycles. The summed E-state index contributed by atoms with van der Waals surface area (Å²) in [5.41, 5.74) is 6.20. The second-order valence-electron chi connectivity index (χ2n) is 13.1. The molecule has 0 radical (unpaired) electrons. The van der Waals surface area contributed by atoms with Gasteiger partial charge in [0.2, 0.25) is 0 Å². The second-order valence-corrected chi connectivity index (χ2v) is 13.1. The standard InChI is InChI=1S/C41H26F3N5O/c42-41(43,44)34-18-17-29-35(25-15-16-26-23-13-14-24(19-23)31(26)20-25)45-21-32(36(29)46-34)40-48-38(22-7-2-1-3-8-22)47-39(49-40)30-11-6-10-28-27-9-4-5-12-33(27)50-37(28)30/h1-12,15-18,20-21,23-24H,13-14,19H2. The van der Waals surface area contributed by atoms with Gasteiger partial charge in [0.25, 0.3) is 0 Å². The van der Waals surface area contributed by atoms with Gasteiger partial charge < -0.3 is 4.42 Å². The fraction of sp³-hybridized carbons (Fsp3) is 0.146. The Bertz CT molecular complexity index is 2650. The Morgan fingerprint density at radius 2 is 1.34 bits per heavy atom. The van der Waals surface area contributed by atoms with E-state index in [0.29, 0.717) is 45.7 Å². The van der Waals surface area contributed by atoms with Crippen molar-refractivity contribution in [3.63, 3.8) is 0 Å². The van der Waals surface area contributed by atoms with Crippen LogP contribution in [0.4, 0.5) is 13.2 Å². The molecule has 9 heteroatoms. The largest absolute Gasteiger partial charge is 0.455 e. The van der Waals surface area contributed by atoms with Crippen LogP contribution >= 0.6 is 0 Å². The number of hydrogen-bond acceptors (Lipinski definition) is 6. The van der Waals surface area contributed by atoms with Gasteiger partial charge in [-0.1, -0.05) is 72.8 Å². The van der Waals surface area contributed by atoms with E-state index in [9.17, 15) is 13.2 Å². The molecule has 0 amide bonds. The fourth-order valence-electron chi connectivity index (χ4n) is 7.92. The lowest BCUT2D eigenvalue weighted by Crippen LogP contribution is -2.09. The number of hydrogen-bond donors (Lipinski definition) is 0. The molecule has 6 nitrogen and oxygen atoms in total. The van der Waals surface area contributed by atoms with E-state index >= 15 is 0 Å². The van der Waals surface area contributed by atoms with E-state index in [-0.39, 0.29) is 16.9 Å². The number of rotatable bonds is 4. The van der Waals surface area contributed by atoms with Crippen LogP contribution in [0, 0.1) is 0 Å². The third-order valence-electron chi connectivity index (χ3n) is 10.2. The monoisotopic (exact) mass is 661 g/mol. The molecule has 0 N–H and O–H groups in total. The summed E-state index contributed by atoms with van der Waals surface area (Å²) >= 11 is 0. The lowest BCUT2D eigenvalue weighted by molar-refractivity contribution is -0.140. The molecule has 2 aliphatic rings. The highest BCUT2D eigenvalue weighted by molar-refractivity contribution is 6.09. The quantitative estimate of drug-likeness (QED) is 0.187. The van der Waals surface area contributed by atoms with E-state index in [1.54, 1.807) is 6.20 Å². The lowest BCUT2D eigenvalue weighted by Gasteiger charge is -2.17. The van der Waals surface area contributed by atoms with Crippen LogP contribution in [0.1, 0.15) is 47.9 Å². The number of pyridine rings is 2. The van der Waals surface area contributed by atoms with Gasteiger partial charge in [-0.25, -0.2) is 19.9 Å². The highest BCUT2D eigenvalue weighted by Crippen LogP contribution is 2.53. The maximum absolute atomic E-state index is 14.2. The summed E-state index contributed by atoms with van der Waals surface area (Å²) in [7, 11) is 0. The first-order valence-corrected chi connectivity index (χ1v) is 16.6. The van der Waals surface area contributed by atoms with E-state index in [2.05, 4.69) is 17.1 Å². The van der Waals surface area contributed by atoms with Gasteiger partial charge >= 0.3 is 6.18 Å². The zero-order valence-corrected chi connectivity index (χ0v) is 26.4. The predicted octanol–water partition coefficient (Wildman–Crippen LogP) is 10.8. The van der Waals surface area contributed by atoms with Gasteiger partial charge in [0, 0.05) is 33.5 Å². The van der Waals surface area contributed by atoms with Crippen molar-refractivity contribution in [2.45, 2.75) is 37.3 Å². The van der Waals surface area contributed by atoms with E-state index in [1.165, 1.54) is 23.6 Å². The summed E-state index contributed by atoms with van der Waals surface area (Å²) in [6.45, 7) is 0. The van der Waals surface area contributed by atoms with Crippen LogP contribution in [0.3, 0.4) is 0 Å². The molecule has 2 atom stereocenters. The number of para-hydroxylation sites is 2. The number of alkyl halides is 3. The highest BCUT2D eigenvalue weighted by atomic mass is 19.4. The number of nitrogens with zero attached hydrogens (tertiary/aromatic N) is 5. The van der Waals surface area contributed by atoms with E-state index in [0.717, 1.165) is 46.4 Å². The van der Waals surface area contributed by atoms with E-state index in [4.69, 9.17) is 24.4 Å². The van der Waals surface area contributed by atoms with Gasteiger partial charge in [0.1, 0.15) is 16.9 Å². The minimum Gasteiger partial charge on any atom is -0.455 e. The van der Waals surface area contributed by atoms with Gasteiger partial charge in [-0.3, -0.25) is 4.98 Å². The van der Waals surface area contributed by atoms with Crippen LogP contribution in [0.2, 0.25) is 0 Å². The number of halogens is 3. The summed E-state index contributed by atoms with van der Waals surface area (Å²) in [5.74, 6) is 1.94. The van der Waals surface area contributed by atoms with Gasteiger partial charge in [-0.15, -0.1) is 0 Å². The maximum atomic E-state index is 14.2. The fourth-order valence-corrected chi connectivity index (χ4v) is 7.92. The molecule has 0 spiro atoms. The molecule has 50 heavy (non-hydrogen) atoms. The average Bonchev–Trinajstić information content (AvgIpc) is 3.88. The van der Waals surface area contributed by atoms with Crippen molar-refractivity contribution in [3.05, 3.63) is 126 Å². The Balaban J connectivity index is 1.21. The Labute approximate surface area is 283 Å². The first-order chi connectivity index (χ1) is 24.4. The van der Waals surface area contributed by atoms with Crippen LogP contribution < -0.4 is 0 Å². The lowest BCUT2D eigenvalue weighted by atomic mass is 9.89. The molecule has 8 aromatic rings. The van der Waals surface area contributed by atoms with Crippen LogP contribution in [0.15, 0.2) is 114 Å². The maximum Gasteiger partial charge on any atom is 0.433 e. The topological polar surface area (TPSA) is 77.6 Å². The third kappa shape index (κ3) is 4.53. The molecule has 10 rings (SSSR count). The van der Waals surface area contributed by atoms with Gasteiger partial charge in [0.05, 0.1) is 22.3 Å². The predicted molar refractivity (Wildman–Crippen MR) is 186 cm³/mol. The second kappa shape index (κ2) is 10.8. The molecule has 2 unspecified atom stereocenters. The van der Waals surface area contributed by atoms with Crippen molar-refractivity contribution in [1.82, 2.24) is 24.9 Å². The molecule has 1 saturated carbocycles. The first-order valence-electron chi connectivity index (χ1n) is 16.6. The van der Waals surface area contributed by atoms with Crippen molar-refractivity contribution in [2.75, 3.05) is 0 Å². The number of benzene rings is 4. The van der Waals surface area contributed by atoms with Gasteiger partial charge in [-0.2, -0.15) is 13.2 Å². The third-order valence-corrected chi connectivity index (χ3v) is 10.2. The minimum absolute atomic E-state index is 0.116. The smallest absolute Gasteiger partial charge is 0.433 e. The molecule has 2 aliphatic carbocycles. The molecule has 4 aromatic heterocycles. The normalized spacial score (nSPS) is 16.9. The Morgan fingerprint density at radius 3 is 2.18 bits per heavy atom. The molecule has 1 fully saturated rings. The molecule has 0 saturated heterocycles. The Morgan fingerprint density at radius 1 is 0.600 bits per heavy atom.